The van der Waals surface area contributed by atoms with Crippen LogP contribution in [0.2, 0.25) is 0 Å². The minimum Gasteiger partial charge on any atom is -0.317 e. The Bertz CT molecular complexity index is 277. The molecule has 0 radical (unpaired) electrons. The summed E-state index contributed by atoms with van der Waals surface area (Å²) in [6.45, 7) is 0. The second-order valence-electron chi connectivity index (χ2n) is 1.87. The molecule has 1 aromatic carbocycles. The van der Waals surface area contributed by atoms with Gasteiger partial charge in [-0.05, 0) is 6.07 Å². The number of rotatable bonds is 2. The molecule has 1 aromatic rings. The maximum atomic E-state index is 10.3. The van der Waals surface area contributed by atoms with Gasteiger partial charge >= 0.3 is 0 Å². The number of anilines is 1. The quantitative estimate of drug-likeness (QED) is 0.469. The Kier molecular flexibility index (Phi) is 2.43. The molecule has 0 aromatic heterocycles. The molecule has 0 unspecified atom stereocenters. The summed E-state index contributed by atoms with van der Waals surface area (Å²) >= 11 is 2.92. The smallest absolute Gasteiger partial charge is 0.293 e. The van der Waals surface area contributed by atoms with Gasteiger partial charge in [0.05, 0.1) is 4.92 Å². The average molecular weight is 217 g/mol. The second-order valence-corrected chi connectivity index (χ2v) is 2.27. The average Bonchev–Trinajstić information content (AvgIpc) is 2.04. The van der Waals surface area contributed by atoms with Crippen molar-refractivity contribution < 1.29 is 4.92 Å². The van der Waals surface area contributed by atoms with E-state index in [-0.39, 0.29) is 5.69 Å². The standard InChI is InChI=1S/C6H5BrN2O2/c7-8-5-3-1-2-4-6(5)9(10)11/h1-4,8H. The fourth-order valence-electron chi connectivity index (χ4n) is 0.713. The Labute approximate surface area is 71.7 Å². The molecule has 4 nitrogen and oxygen atoms in total. The fraction of sp³-hybridized carbons (Fsp3) is 0. The van der Waals surface area contributed by atoms with E-state index in [1.807, 2.05) is 0 Å². The van der Waals surface area contributed by atoms with Crippen molar-refractivity contribution in [3.8, 4) is 0 Å². The van der Waals surface area contributed by atoms with Crippen molar-refractivity contribution in [3.63, 3.8) is 0 Å². The number of nitro groups is 1. The van der Waals surface area contributed by atoms with E-state index in [0.717, 1.165) is 0 Å². The number of hydrogen-bond acceptors (Lipinski definition) is 3. The van der Waals surface area contributed by atoms with E-state index >= 15 is 0 Å². The molecule has 5 heteroatoms. The lowest BCUT2D eigenvalue weighted by atomic mass is 10.3. The van der Waals surface area contributed by atoms with E-state index in [1.54, 1.807) is 18.2 Å². The van der Waals surface area contributed by atoms with Gasteiger partial charge in [-0.15, -0.1) is 0 Å². The highest BCUT2D eigenvalue weighted by molar-refractivity contribution is 9.10. The van der Waals surface area contributed by atoms with Crippen molar-refractivity contribution in [1.29, 1.82) is 0 Å². The lowest BCUT2D eigenvalue weighted by molar-refractivity contribution is -0.383. The highest BCUT2D eigenvalue weighted by atomic mass is 79.9. The van der Waals surface area contributed by atoms with Gasteiger partial charge in [0.15, 0.2) is 0 Å². The maximum absolute atomic E-state index is 10.3. The highest BCUT2D eigenvalue weighted by Crippen LogP contribution is 2.23. The molecule has 0 atom stereocenters. The molecular formula is C6H5BrN2O2. The summed E-state index contributed by atoms with van der Waals surface area (Å²) in [5, 5.41) is 10.3. The molecule has 0 fully saturated rings. The Hall–Kier alpha value is -1.10. The predicted octanol–water partition coefficient (Wildman–Crippen LogP) is 2.32. The first-order valence-electron chi connectivity index (χ1n) is 2.86. The van der Waals surface area contributed by atoms with Gasteiger partial charge in [-0.2, -0.15) is 0 Å². The minimum atomic E-state index is -0.441. The van der Waals surface area contributed by atoms with Gasteiger partial charge in [-0.25, -0.2) is 0 Å². The third kappa shape index (κ3) is 1.68. The molecule has 0 saturated heterocycles. The largest absolute Gasteiger partial charge is 0.317 e. The molecule has 0 bridgehead atoms. The van der Waals surface area contributed by atoms with Crippen LogP contribution < -0.4 is 4.34 Å². The molecule has 0 amide bonds. The molecule has 11 heavy (non-hydrogen) atoms. The van der Waals surface area contributed by atoms with Crippen LogP contribution in [0, 0.1) is 10.1 Å². The van der Waals surface area contributed by atoms with E-state index < -0.39 is 4.92 Å². The molecule has 0 spiro atoms. The Morgan fingerprint density at radius 1 is 1.45 bits per heavy atom. The summed E-state index contributed by atoms with van der Waals surface area (Å²) in [7, 11) is 0. The van der Waals surface area contributed by atoms with Crippen LogP contribution in [-0.4, -0.2) is 4.92 Å². The molecule has 0 aliphatic heterocycles. The van der Waals surface area contributed by atoms with E-state index in [9.17, 15) is 10.1 Å². The molecule has 58 valence electrons. The number of nitrogens with zero attached hydrogens (tertiary/aromatic N) is 1. The van der Waals surface area contributed by atoms with Crippen molar-refractivity contribution in [2.24, 2.45) is 0 Å². The van der Waals surface area contributed by atoms with E-state index in [0.29, 0.717) is 5.69 Å². The zero-order valence-electron chi connectivity index (χ0n) is 5.45. The molecule has 1 N–H and O–H groups in total. The zero-order valence-corrected chi connectivity index (χ0v) is 7.04. The van der Waals surface area contributed by atoms with Crippen molar-refractivity contribution >= 4 is 27.5 Å². The maximum Gasteiger partial charge on any atom is 0.293 e. The molecular weight excluding hydrogens is 212 g/mol. The fourth-order valence-corrected chi connectivity index (χ4v) is 1.05. The van der Waals surface area contributed by atoms with Crippen LogP contribution in [0.3, 0.4) is 0 Å². The molecule has 0 aliphatic rings. The van der Waals surface area contributed by atoms with Crippen LogP contribution in [0.4, 0.5) is 11.4 Å². The first-order chi connectivity index (χ1) is 5.25. The number of nitro benzene ring substituents is 1. The van der Waals surface area contributed by atoms with Crippen LogP contribution in [0.25, 0.3) is 0 Å². The molecule has 0 aliphatic carbocycles. The van der Waals surface area contributed by atoms with Crippen LogP contribution >= 0.6 is 16.1 Å². The van der Waals surface area contributed by atoms with Crippen LogP contribution in [0.1, 0.15) is 0 Å². The lowest BCUT2D eigenvalue weighted by Crippen LogP contribution is -1.91. The van der Waals surface area contributed by atoms with Crippen molar-refractivity contribution in [2.45, 2.75) is 0 Å². The van der Waals surface area contributed by atoms with E-state index in [1.165, 1.54) is 6.07 Å². The van der Waals surface area contributed by atoms with E-state index in [2.05, 4.69) is 20.5 Å². The van der Waals surface area contributed by atoms with Crippen LogP contribution in [0.15, 0.2) is 24.3 Å². The molecule has 0 heterocycles. The van der Waals surface area contributed by atoms with Gasteiger partial charge in [0, 0.05) is 22.2 Å². The topological polar surface area (TPSA) is 55.2 Å². The lowest BCUT2D eigenvalue weighted by Gasteiger charge is -1.97. The number of para-hydroxylation sites is 2. The first kappa shape index (κ1) is 8.00. The van der Waals surface area contributed by atoms with Crippen molar-refractivity contribution in [3.05, 3.63) is 34.4 Å². The van der Waals surface area contributed by atoms with Gasteiger partial charge in [0.25, 0.3) is 5.69 Å². The van der Waals surface area contributed by atoms with E-state index in [4.69, 9.17) is 0 Å². The summed E-state index contributed by atoms with van der Waals surface area (Å²) in [5.41, 5.74) is 0.516. The zero-order chi connectivity index (χ0) is 8.27. The third-order valence-corrected chi connectivity index (χ3v) is 1.63. The number of hydrogen-bond donors (Lipinski definition) is 1. The molecule has 0 saturated carbocycles. The SMILES string of the molecule is O=[N+]([O-])c1ccccc1NBr. The third-order valence-electron chi connectivity index (χ3n) is 1.20. The van der Waals surface area contributed by atoms with Gasteiger partial charge in [-0.1, -0.05) is 12.1 Å². The number of nitrogens with one attached hydrogen (secondary N) is 1. The Morgan fingerprint density at radius 2 is 2.09 bits per heavy atom. The van der Waals surface area contributed by atoms with Crippen molar-refractivity contribution in [1.82, 2.24) is 0 Å². The Morgan fingerprint density at radius 3 is 2.55 bits per heavy atom. The predicted molar refractivity (Wildman–Crippen MR) is 45.6 cm³/mol. The summed E-state index contributed by atoms with van der Waals surface area (Å²) in [6.07, 6.45) is 0. The van der Waals surface area contributed by atoms with Crippen LogP contribution in [0.5, 0.6) is 0 Å². The Balaban J connectivity index is 3.12. The highest BCUT2D eigenvalue weighted by Gasteiger charge is 2.09. The normalized spacial score (nSPS) is 9.18. The van der Waals surface area contributed by atoms with Crippen molar-refractivity contribution in [2.75, 3.05) is 4.34 Å². The summed E-state index contributed by atoms with van der Waals surface area (Å²) in [6, 6.07) is 6.39. The molecule has 1 rings (SSSR count). The van der Waals surface area contributed by atoms with Gasteiger partial charge < -0.3 is 4.34 Å². The first-order valence-corrected chi connectivity index (χ1v) is 3.65. The van der Waals surface area contributed by atoms with Gasteiger partial charge in [-0.3, -0.25) is 10.1 Å². The second kappa shape index (κ2) is 3.34. The minimum absolute atomic E-state index is 0.0596. The number of benzene rings is 1. The summed E-state index contributed by atoms with van der Waals surface area (Å²) in [4.78, 5) is 9.88. The van der Waals surface area contributed by atoms with Crippen LogP contribution in [-0.2, 0) is 0 Å². The van der Waals surface area contributed by atoms with Gasteiger partial charge in [0.2, 0.25) is 0 Å². The summed E-state index contributed by atoms with van der Waals surface area (Å²) < 4.78 is 2.55. The van der Waals surface area contributed by atoms with Gasteiger partial charge in [0.1, 0.15) is 5.69 Å². The monoisotopic (exact) mass is 216 g/mol. The number of halogens is 1. The summed E-state index contributed by atoms with van der Waals surface area (Å²) in [5.74, 6) is 0.